The van der Waals surface area contributed by atoms with Crippen molar-refractivity contribution < 1.29 is 14.3 Å². The van der Waals surface area contributed by atoms with Gasteiger partial charge < -0.3 is 14.8 Å². The molecule has 3 aromatic rings. The summed E-state index contributed by atoms with van der Waals surface area (Å²) in [4.78, 5) is 12.5. The summed E-state index contributed by atoms with van der Waals surface area (Å²) in [6.45, 7) is 2.54. The Balaban J connectivity index is 1.69. The molecule has 0 heterocycles. The second-order valence-corrected chi connectivity index (χ2v) is 6.14. The molecule has 0 aliphatic carbocycles. The average Bonchev–Trinajstić information content (AvgIpc) is 2.73. The summed E-state index contributed by atoms with van der Waals surface area (Å²) in [5, 5.41) is 2.90. The van der Waals surface area contributed by atoms with Crippen LogP contribution >= 0.6 is 0 Å². The van der Waals surface area contributed by atoms with Gasteiger partial charge in [0.25, 0.3) is 5.91 Å². The number of methoxy groups -OCH3 is 1. The van der Waals surface area contributed by atoms with Crippen molar-refractivity contribution >= 4 is 11.6 Å². The molecule has 0 aromatic heterocycles. The maximum absolute atomic E-state index is 12.5. The van der Waals surface area contributed by atoms with Gasteiger partial charge in [-0.3, -0.25) is 4.79 Å². The molecule has 0 bridgehead atoms. The van der Waals surface area contributed by atoms with Gasteiger partial charge in [-0.15, -0.1) is 0 Å². The van der Waals surface area contributed by atoms with Gasteiger partial charge in [0.05, 0.1) is 7.11 Å². The number of hydrogen-bond acceptors (Lipinski definition) is 3. The lowest BCUT2D eigenvalue weighted by Crippen LogP contribution is -2.12. The van der Waals surface area contributed by atoms with Crippen molar-refractivity contribution in [1.29, 1.82) is 0 Å². The number of amides is 1. The topological polar surface area (TPSA) is 47.6 Å². The molecule has 0 radical (unpaired) electrons. The Morgan fingerprint density at radius 1 is 0.889 bits per heavy atom. The highest BCUT2D eigenvalue weighted by Gasteiger charge is 2.12. The van der Waals surface area contributed by atoms with Gasteiger partial charge in [0.1, 0.15) is 6.61 Å². The van der Waals surface area contributed by atoms with Crippen molar-refractivity contribution in [3.63, 3.8) is 0 Å². The number of benzene rings is 3. The Bertz CT molecular complexity index is 889. The van der Waals surface area contributed by atoms with E-state index in [0.29, 0.717) is 23.7 Å². The minimum Gasteiger partial charge on any atom is -0.493 e. The molecule has 3 rings (SSSR count). The van der Waals surface area contributed by atoms with Crippen LogP contribution in [0, 0.1) is 0 Å². The lowest BCUT2D eigenvalue weighted by Gasteiger charge is -2.12. The Hall–Kier alpha value is -3.27. The van der Waals surface area contributed by atoms with E-state index in [4.69, 9.17) is 9.47 Å². The Morgan fingerprint density at radius 3 is 2.30 bits per heavy atom. The summed E-state index contributed by atoms with van der Waals surface area (Å²) in [5.41, 5.74) is 3.57. The van der Waals surface area contributed by atoms with Gasteiger partial charge in [0, 0.05) is 11.3 Å². The molecule has 3 aromatic carbocycles. The molecule has 0 saturated carbocycles. The van der Waals surface area contributed by atoms with Gasteiger partial charge in [-0.1, -0.05) is 49.4 Å². The van der Waals surface area contributed by atoms with Crippen LogP contribution in [-0.2, 0) is 13.0 Å². The Morgan fingerprint density at radius 2 is 1.63 bits per heavy atom. The highest BCUT2D eigenvalue weighted by Crippen LogP contribution is 2.29. The van der Waals surface area contributed by atoms with Crippen LogP contribution in [0.2, 0.25) is 0 Å². The number of rotatable bonds is 7. The molecule has 1 N–H and O–H groups in total. The van der Waals surface area contributed by atoms with Crippen LogP contribution < -0.4 is 14.8 Å². The zero-order chi connectivity index (χ0) is 19.1. The first-order valence-electron chi connectivity index (χ1n) is 8.94. The fourth-order valence-corrected chi connectivity index (χ4v) is 2.69. The summed E-state index contributed by atoms with van der Waals surface area (Å²) in [5.74, 6) is 0.942. The van der Waals surface area contributed by atoms with Crippen molar-refractivity contribution in [2.75, 3.05) is 12.4 Å². The van der Waals surface area contributed by atoms with E-state index in [0.717, 1.165) is 17.7 Å². The number of carbonyl (C=O) groups is 1. The molecular weight excluding hydrogens is 338 g/mol. The maximum Gasteiger partial charge on any atom is 0.255 e. The number of ether oxygens (including phenoxy) is 2. The SMILES string of the molecule is CCc1ccc(NC(=O)c2ccc(OCc3ccccc3)c(OC)c2)cc1. The van der Waals surface area contributed by atoms with Gasteiger partial charge in [-0.05, 0) is 47.9 Å². The Kier molecular flexibility index (Phi) is 6.10. The van der Waals surface area contributed by atoms with Gasteiger partial charge in [-0.2, -0.15) is 0 Å². The van der Waals surface area contributed by atoms with Crippen LogP contribution in [0.4, 0.5) is 5.69 Å². The van der Waals surface area contributed by atoms with Gasteiger partial charge in [0.2, 0.25) is 0 Å². The van der Waals surface area contributed by atoms with Crippen LogP contribution in [-0.4, -0.2) is 13.0 Å². The Labute approximate surface area is 159 Å². The summed E-state index contributed by atoms with van der Waals surface area (Å²) < 4.78 is 11.2. The first-order valence-corrected chi connectivity index (χ1v) is 8.94. The fourth-order valence-electron chi connectivity index (χ4n) is 2.69. The van der Waals surface area contributed by atoms with E-state index in [9.17, 15) is 4.79 Å². The standard InChI is InChI=1S/C23H23NO3/c1-3-17-9-12-20(13-10-17)24-23(25)19-11-14-21(22(15-19)26-2)27-16-18-7-5-4-6-8-18/h4-15H,3,16H2,1-2H3,(H,24,25). The molecule has 0 aliphatic heterocycles. The highest BCUT2D eigenvalue weighted by atomic mass is 16.5. The molecule has 0 unspecified atom stereocenters. The predicted octanol–water partition coefficient (Wildman–Crippen LogP) is 5.09. The number of carbonyl (C=O) groups excluding carboxylic acids is 1. The van der Waals surface area contributed by atoms with Gasteiger partial charge >= 0.3 is 0 Å². The largest absolute Gasteiger partial charge is 0.493 e. The van der Waals surface area contributed by atoms with E-state index in [1.807, 2.05) is 54.6 Å². The third kappa shape index (κ3) is 4.88. The van der Waals surface area contributed by atoms with Gasteiger partial charge in [-0.25, -0.2) is 0 Å². The molecule has 138 valence electrons. The molecule has 1 amide bonds. The smallest absolute Gasteiger partial charge is 0.255 e. The maximum atomic E-state index is 12.5. The third-order valence-electron chi connectivity index (χ3n) is 4.28. The average molecular weight is 361 g/mol. The lowest BCUT2D eigenvalue weighted by molar-refractivity contribution is 0.102. The quantitative estimate of drug-likeness (QED) is 0.638. The molecule has 0 saturated heterocycles. The van der Waals surface area contributed by atoms with Crippen LogP contribution in [0.1, 0.15) is 28.4 Å². The van der Waals surface area contributed by atoms with E-state index in [1.165, 1.54) is 5.56 Å². The summed E-state index contributed by atoms with van der Waals surface area (Å²) in [6.07, 6.45) is 0.968. The number of anilines is 1. The molecule has 0 atom stereocenters. The lowest BCUT2D eigenvalue weighted by atomic mass is 10.1. The minimum absolute atomic E-state index is 0.188. The number of hydrogen-bond donors (Lipinski definition) is 1. The van der Waals surface area contributed by atoms with E-state index in [-0.39, 0.29) is 5.91 Å². The zero-order valence-corrected chi connectivity index (χ0v) is 15.6. The van der Waals surface area contributed by atoms with Crippen LogP contribution in [0.5, 0.6) is 11.5 Å². The van der Waals surface area contributed by atoms with Crippen molar-refractivity contribution in [3.8, 4) is 11.5 Å². The number of nitrogens with one attached hydrogen (secondary N) is 1. The summed E-state index contributed by atoms with van der Waals surface area (Å²) >= 11 is 0. The van der Waals surface area contributed by atoms with Crippen LogP contribution in [0.3, 0.4) is 0 Å². The van der Waals surface area contributed by atoms with Crippen molar-refractivity contribution in [1.82, 2.24) is 0 Å². The second kappa shape index (κ2) is 8.90. The summed E-state index contributed by atoms with van der Waals surface area (Å²) in [6, 6.07) is 22.9. The van der Waals surface area contributed by atoms with Crippen LogP contribution in [0.25, 0.3) is 0 Å². The molecule has 27 heavy (non-hydrogen) atoms. The predicted molar refractivity (Wildman–Crippen MR) is 108 cm³/mol. The van der Waals surface area contributed by atoms with E-state index < -0.39 is 0 Å². The van der Waals surface area contributed by atoms with E-state index >= 15 is 0 Å². The van der Waals surface area contributed by atoms with Crippen LogP contribution in [0.15, 0.2) is 72.8 Å². The first-order chi connectivity index (χ1) is 13.2. The molecule has 4 nitrogen and oxygen atoms in total. The monoisotopic (exact) mass is 361 g/mol. The molecular formula is C23H23NO3. The minimum atomic E-state index is -0.188. The molecule has 4 heteroatoms. The van der Waals surface area contributed by atoms with E-state index in [1.54, 1.807) is 25.3 Å². The number of aryl methyl sites for hydroxylation is 1. The van der Waals surface area contributed by atoms with Crippen molar-refractivity contribution in [2.45, 2.75) is 20.0 Å². The zero-order valence-electron chi connectivity index (χ0n) is 15.6. The third-order valence-corrected chi connectivity index (χ3v) is 4.28. The highest BCUT2D eigenvalue weighted by molar-refractivity contribution is 6.04. The van der Waals surface area contributed by atoms with Crippen molar-refractivity contribution in [3.05, 3.63) is 89.5 Å². The fraction of sp³-hybridized carbons (Fsp3) is 0.174. The molecule has 0 spiro atoms. The summed E-state index contributed by atoms with van der Waals surface area (Å²) in [7, 11) is 1.57. The van der Waals surface area contributed by atoms with Gasteiger partial charge in [0.15, 0.2) is 11.5 Å². The molecule has 0 fully saturated rings. The van der Waals surface area contributed by atoms with E-state index in [2.05, 4.69) is 12.2 Å². The second-order valence-electron chi connectivity index (χ2n) is 6.14. The molecule has 0 aliphatic rings. The van der Waals surface area contributed by atoms with Crippen molar-refractivity contribution in [2.24, 2.45) is 0 Å². The first kappa shape index (κ1) is 18.5. The normalized spacial score (nSPS) is 10.3.